The lowest BCUT2D eigenvalue weighted by Crippen LogP contribution is -2.35. The number of aliphatic hydroxyl groups excluding tert-OH is 2. The van der Waals surface area contributed by atoms with Crippen molar-refractivity contribution in [3.05, 3.63) is 24.0 Å². The SMILES string of the molecule is OCC(CO)NCc1cc[nH]c1. The maximum absolute atomic E-state index is 8.72. The van der Waals surface area contributed by atoms with Gasteiger partial charge in [-0.2, -0.15) is 0 Å². The third kappa shape index (κ3) is 2.65. The van der Waals surface area contributed by atoms with Crippen molar-refractivity contribution in [2.24, 2.45) is 0 Å². The highest BCUT2D eigenvalue weighted by Crippen LogP contribution is 1.95. The van der Waals surface area contributed by atoms with Crippen LogP contribution in [0.5, 0.6) is 0 Å². The topological polar surface area (TPSA) is 68.3 Å². The zero-order valence-corrected chi connectivity index (χ0v) is 6.83. The zero-order chi connectivity index (χ0) is 8.81. The average Bonchev–Trinajstić information content (AvgIpc) is 2.59. The third-order valence-corrected chi connectivity index (χ3v) is 1.70. The van der Waals surface area contributed by atoms with Crippen LogP contribution in [0.2, 0.25) is 0 Å². The molecule has 0 fully saturated rings. The van der Waals surface area contributed by atoms with Crippen LogP contribution in [-0.2, 0) is 6.54 Å². The molecule has 0 unspecified atom stereocenters. The van der Waals surface area contributed by atoms with Gasteiger partial charge >= 0.3 is 0 Å². The van der Waals surface area contributed by atoms with Crippen molar-refractivity contribution in [1.29, 1.82) is 0 Å². The van der Waals surface area contributed by atoms with Gasteiger partial charge in [-0.05, 0) is 11.6 Å². The lowest BCUT2D eigenvalue weighted by molar-refractivity contribution is 0.170. The Morgan fingerprint density at radius 3 is 2.67 bits per heavy atom. The summed E-state index contributed by atoms with van der Waals surface area (Å²) in [4.78, 5) is 2.92. The number of H-pyrrole nitrogens is 1. The summed E-state index contributed by atoms with van der Waals surface area (Å²) in [6, 6.07) is 1.72. The predicted octanol–water partition coefficient (Wildman–Crippen LogP) is -0.543. The fourth-order valence-corrected chi connectivity index (χ4v) is 0.917. The summed E-state index contributed by atoms with van der Waals surface area (Å²) in [6.07, 6.45) is 3.71. The van der Waals surface area contributed by atoms with Gasteiger partial charge in [0.05, 0.1) is 19.3 Å². The van der Waals surface area contributed by atoms with E-state index in [0.717, 1.165) is 5.56 Å². The van der Waals surface area contributed by atoms with Crippen LogP contribution in [0.3, 0.4) is 0 Å². The minimum atomic E-state index is -0.222. The van der Waals surface area contributed by atoms with Crippen LogP contribution in [0.15, 0.2) is 18.5 Å². The molecule has 0 saturated carbocycles. The van der Waals surface area contributed by atoms with Crippen LogP contribution in [0.1, 0.15) is 5.56 Å². The second-order valence-electron chi connectivity index (χ2n) is 2.66. The van der Waals surface area contributed by atoms with Crippen LogP contribution in [0.4, 0.5) is 0 Å². The molecule has 4 heteroatoms. The van der Waals surface area contributed by atoms with Crippen molar-refractivity contribution in [2.45, 2.75) is 12.6 Å². The van der Waals surface area contributed by atoms with Gasteiger partial charge in [0.15, 0.2) is 0 Å². The Balaban J connectivity index is 2.25. The first-order valence-corrected chi connectivity index (χ1v) is 3.93. The van der Waals surface area contributed by atoms with Crippen LogP contribution >= 0.6 is 0 Å². The van der Waals surface area contributed by atoms with Gasteiger partial charge in [0.25, 0.3) is 0 Å². The van der Waals surface area contributed by atoms with Gasteiger partial charge in [-0.15, -0.1) is 0 Å². The standard InChI is InChI=1S/C8H14N2O2/c11-5-8(6-12)10-4-7-1-2-9-3-7/h1-3,8-12H,4-6H2. The lowest BCUT2D eigenvalue weighted by Gasteiger charge is -2.11. The highest BCUT2D eigenvalue weighted by molar-refractivity contribution is 5.07. The molecule has 0 atom stereocenters. The molecular weight excluding hydrogens is 156 g/mol. The Bertz CT molecular complexity index is 195. The second-order valence-corrected chi connectivity index (χ2v) is 2.66. The first-order chi connectivity index (χ1) is 5.86. The predicted molar refractivity (Wildman–Crippen MR) is 45.6 cm³/mol. The van der Waals surface area contributed by atoms with Crippen LogP contribution in [0, 0.1) is 0 Å². The quantitative estimate of drug-likeness (QED) is 0.479. The molecule has 1 rings (SSSR count). The molecule has 68 valence electrons. The Morgan fingerprint density at radius 1 is 1.42 bits per heavy atom. The first kappa shape index (κ1) is 9.25. The number of aliphatic hydroxyl groups is 2. The molecule has 1 aromatic heterocycles. The Kier molecular flexibility index (Phi) is 3.79. The molecule has 4 N–H and O–H groups in total. The van der Waals surface area contributed by atoms with Crippen molar-refractivity contribution < 1.29 is 10.2 Å². The van der Waals surface area contributed by atoms with Crippen molar-refractivity contribution in [1.82, 2.24) is 10.3 Å². The molecule has 0 aliphatic rings. The number of hydrogen-bond donors (Lipinski definition) is 4. The molecular formula is C8H14N2O2. The molecule has 0 aromatic carbocycles. The zero-order valence-electron chi connectivity index (χ0n) is 6.83. The fraction of sp³-hybridized carbons (Fsp3) is 0.500. The van der Waals surface area contributed by atoms with Crippen LogP contribution < -0.4 is 5.32 Å². The molecule has 0 aliphatic carbocycles. The summed E-state index contributed by atoms with van der Waals surface area (Å²) in [5.41, 5.74) is 1.11. The van der Waals surface area contributed by atoms with E-state index in [9.17, 15) is 0 Å². The lowest BCUT2D eigenvalue weighted by atomic mass is 10.3. The van der Waals surface area contributed by atoms with Gasteiger partial charge in [-0.3, -0.25) is 0 Å². The van der Waals surface area contributed by atoms with E-state index < -0.39 is 0 Å². The Morgan fingerprint density at radius 2 is 2.17 bits per heavy atom. The van der Waals surface area contributed by atoms with E-state index in [2.05, 4.69) is 10.3 Å². The van der Waals surface area contributed by atoms with Gasteiger partial charge in [0.1, 0.15) is 0 Å². The molecule has 0 bridgehead atoms. The smallest absolute Gasteiger partial charge is 0.0607 e. The monoisotopic (exact) mass is 170 g/mol. The summed E-state index contributed by atoms with van der Waals surface area (Å²) < 4.78 is 0. The van der Waals surface area contributed by atoms with E-state index in [0.29, 0.717) is 6.54 Å². The van der Waals surface area contributed by atoms with Crippen molar-refractivity contribution in [3.8, 4) is 0 Å². The molecule has 4 nitrogen and oxygen atoms in total. The number of rotatable bonds is 5. The molecule has 0 aliphatic heterocycles. The summed E-state index contributed by atoms with van der Waals surface area (Å²) >= 11 is 0. The minimum Gasteiger partial charge on any atom is -0.395 e. The fourth-order valence-electron chi connectivity index (χ4n) is 0.917. The van der Waals surface area contributed by atoms with E-state index >= 15 is 0 Å². The Hall–Kier alpha value is -0.840. The molecule has 0 amide bonds. The van der Waals surface area contributed by atoms with E-state index in [1.807, 2.05) is 18.5 Å². The van der Waals surface area contributed by atoms with Crippen LogP contribution in [0.25, 0.3) is 0 Å². The highest BCUT2D eigenvalue weighted by atomic mass is 16.3. The first-order valence-electron chi connectivity index (χ1n) is 3.93. The van der Waals surface area contributed by atoms with Gasteiger partial charge < -0.3 is 20.5 Å². The number of nitrogens with one attached hydrogen (secondary N) is 2. The number of hydrogen-bond acceptors (Lipinski definition) is 3. The average molecular weight is 170 g/mol. The van der Waals surface area contributed by atoms with Gasteiger partial charge in [-0.25, -0.2) is 0 Å². The van der Waals surface area contributed by atoms with E-state index in [1.165, 1.54) is 0 Å². The summed E-state index contributed by atoms with van der Waals surface area (Å²) in [7, 11) is 0. The summed E-state index contributed by atoms with van der Waals surface area (Å²) in [5, 5.41) is 20.5. The minimum absolute atomic E-state index is 0.0408. The van der Waals surface area contributed by atoms with Gasteiger partial charge in [-0.1, -0.05) is 0 Å². The van der Waals surface area contributed by atoms with E-state index in [-0.39, 0.29) is 19.3 Å². The molecule has 0 saturated heterocycles. The maximum atomic E-state index is 8.72. The van der Waals surface area contributed by atoms with Gasteiger partial charge in [0.2, 0.25) is 0 Å². The molecule has 12 heavy (non-hydrogen) atoms. The second kappa shape index (κ2) is 4.92. The molecule has 0 radical (unpaired) electrons. The number of aromatic amines is 1. The van der Waals surface area contributed by atoms with E-state index in [1.54, 1.807) is 0 Å². The van der Waals surface area contributed by atoms with Crippen molar-refractivity contribution in [3.63, 3.8) is 0 Å². The maximum Gasteiger partial charge on any atom is 0.0607 e. The normalized spacial score (nSPS) is 10.9. The highest BCUT2D eigenvalue weighted by Gasteiger charge is 2.03. The van der Waals surface area contributed by atoms with Crippen molar-refractivity contribution in [2.75, 3.05) is 13.2 Å². The van der Waals surface area contributed by atoms with Crippen LogP contribution in [-0.4, -0.2) is 34.5 Å². The third-order valence-electron chi connectivity index (χ3n) is 1.70. The van der Waals surface area contributed by atoms with Gasteiger partial charge in [0, 0.05) is 18.9 Å². The molecule has 0 spiro atoms. The number of aromatic nitrogens is 1. The Labute approximate surface area is 71.2 Å². The molecule has 1 heterocycles. The van der Waals surface area contributed by atoms with Crippen molar-refractivity contribution >= 4 is 0 Å². The largest absolute Gasteiger partial charge is 0.395 e. The summed E-state index contributed by atoms with van der Waals surface area (Å²) in [6.45, 7) is 0.580. The van der Waals surface area contributed by atoms with E-state index in [4.69, 9.17) is 10.2 Å². The summed E-state index contributed by atoms with van der Waals surface area (Å²) in [5.74, 6) is 0. The molecule has 1 aromatic rings.